The van der Waals surface area contributed by atoms with Gasteiger partial charge in [0.15, 0.2) is 0 Å². The second-order valence-electron chi connectivity index (χ2n) is 8.15. The highest BCUT2D eigenvalue weighted by Gasteiger charge is 2.40. The number of hydrogen-bond donors (Lipinski definition) is 0. The Kier molecular flexibility index (Phi) is 5.15. The lowest BCUT2D eigenvalue weighted by atomic mass is 9.82. The minimum atomic E-state index is -0.359. The summed E-state index contributed by atoms with van der Waals surface area (Å²) in [5.74, 6) is 0.462. The number of nitrogens with zero attached hydrogens (tertiary/aromatic N) is 3. The molecule has 3 aliphatic rings. The molecule has 27 heavy (non-hydrogen) atoms. The van der Waals surface area contributed by atoms with E-state index in [9.17, 15) is 14.9 Å². The number of carbonyl (C=O) groups excluding carboxylic acids is 2. The van der Waals surface area contributed by atoms with Gasteiger partial charge >= 0.3 is 0 Å². The van der Waals surface area contributed by atoms with Gasteiger partial charge in [-0.1, -0.05) is 24.3 Å². The summed E-state index contributed by atoms with van der Waals surface area (Å²) in [5.41, 5.74) is 2.77. The first-order valence-electron chi connectivity index (χ1n) is 10.2. The van der Waals surface area contributed by atoms with Crippen molar-refractivity contribution in [2.75, 3.05) is 13.1 Å². The van der Waals surface area contributed by atoms with Crippen LogP contribution >= 0.6 is 0 Å². The van der Waals surface area contributed by atoms with Crippen LogP contribution in [0, 0.1) is 17.2 Å². The third-order valence-corrected chi connectivity index (χ3v) is 6.46. The number of amides is 2. The fraction of sp³-hybridized carbons (Fsp3) is 0.591. The molecule has 0 unspecified atom stereocenters. The average molecular weight is 365 g/mol. The molecule has 1 aromatic rings. The molecule has 2 aliphatic heterocycles. The van der Waals surface area contributed by atoms with Crippen LogP contribution in [0.3, 0.4) is 0 Å². The fourth-order valence-corrected chi connectivity index (χ4v) is 4.99. The van der Waals surface area contributed by atoms with Crippen LogP contribution in [0.5, 0.6) is 0 Å². The van der Waals surface area contributed by atoms with Crippen molar-refractivity contribution in [3.05, 3.63) is 35.4 Å². The zero-order valence-electron chi connectivity index (χ0n) is 15.8. The molecule has 0 N–H and O–H groups in total. The lowest BCUT2D eigenvalue weighted by Gasteiger charge is -2.31. The van der Waals surface area contributed by atoms with Crippen LogP contribution < -0.4 is 0 Å². The summed E-state index contributed by atoms with van der Waals surface area (Å²) in [6.45, 7) is 1.32. The number of benzene rings is 1. The van der Waals surface area contributed by atoms with Crippen LogP contribution in [0.15, 0.2) is 24.3 Å². The molecule has 0 radical (unpaired) electrons. The van der Waals surface area contributed by atoms with Gasteiger partial charge < -0.3 is 9.80 Å². The van der Waals surface area contributed by atoms with Crippen molar-refractivity contribution in [1.82, 2.24) is 9.80 Å². The minimum absolute atomic E-state index is 0.0149. The van der Waals surface area contributed by atoms with Gasteiger partial charge in [0, 0.05) is 19.5 Å². The Bertz CT molecular complexity index is 769. The zero-order chi connectivity index (χ0) is 18.8. The summed E-state index contributed by atoms with van der Waals surface area (Å²) >= 11 is 0. The number of aryl methyl sites for hydroxylation is 1. The van der Waals surface area contributed by atoms with Gasteiger partial charge in [-0.3, -0.25) is 9.59 Å². The maximum Gasteiger partial charge on any atom is 0.246 e. The standard InChI is InChI=1S/C22H27N3O2/c23-15-19-7-3-11-24(19)22(27)20-8-4-12-25(20)21(26)14-16-9-10-17-5-1-2-6-18(17)13-16/h1-2,5-6,16,19-20H,3-4,7-14H2/t16-,19+,20+/m1/s1. The summed E-state index contributed by atoms with van der Waals surface area (Å²) < 4.78 is 0. The van der Waals surface area contributed by atoms with Crippen molar-refractivity contribution in [3.63, 3.8) is 0 Å². The van der Waals surface area contributed by atoms with Crippen molar-refractivity contribution in [1.29, 1.82) is 5.26 Å². The summed E-state index contributed by atoms with van der Waals surface area (Å²) in [4.78, 5) is 29.5. The summed E-state index contributed by atoms with van der Waals surface area (Å²) in [7, 11) is 0. The predicted molar refractivity (Wildman–Crippen MR) is 102 cm³/mol. The van der Waals surface area contributed by atoms with E-state index in [1.807, 2.05) is 0 Å². The fourth-order valence-electron chi connectivity index (χ4n) is 4.99. The first-order valence-corrected chi connectivity index (χ1v) is 10.2. The number of nitriles is 1. The first-order chi connectivity index (χ1) is 13.2. The van der Waals surface area contributed by atoms with E-state index in [4.69, 9.17) is 0 Å². The molecular formula is C22H27N3O2. The van der Waals surface area contributed by atoms with Gasteiger partial charge in [0.05, 0.1) is 6.07 Å². The van der Waals surface area contributed by atoms with Gasteiger partial charge in [0.2, 0.25) is 11.8 Å². The number of likely N-dealkylation sites (tertiary alicyclic amines) is 2. The molecule has 2 fully saturated rings. The summed E-state index contributed by atoms with van der Waals surface area (Å²) in [6.07, 6.45) is 6.80. The van der Waals surface area contributed by atoms with Gasteiger partial charge in [-0.2, -0.15) is 5.26 Å². The molecule has 0 saturated carbocycles. The molecular weight excluding hydrogens is 338 g/mol. The highest BCUT2D eigenvalue weighted by atomic mass is 16.2. The van der Waals surface area contributed by atoms with E-state index in [0.717, 1.165) is 44.9 Å². The first kappa shape index (κ1) is 18.0. The normalized spacial score (nSPS) is 27.3. The number of carbonyl (C=O) groups is 2. The quantitative estimate of drug-likeness (QED) is 0.827. The SMILES string of the molecule is N#C[C@@H]1CCCN1C(=O)[C@@H]1CCCN1C(=O)C[C@@H]1CCc2ccccc2C1. The number of hydrogen-bond acceptors (Lipinski definition) is 3. The topological polar surface area (TPSA) is 64.4 Å². The van der Waals surface area contributed by atoms with Gasteiger partial charge in [-0.05, 0) is 62.0 Å². The predicted octanol–water partition coefficient (Wildman–Crippen LogP) is 2.69. The zero-order valence-corrected chi connectivity index (χ0v) is 15.8. The highest BCUT2D eigenvalue weighted by Crippen LogP contribution is 2.30. The van der Waals surface area contributed by atoms with Gasteiger partial charge in [0.1, 0.15) is 12.1 Å². The molecule has 0 spiro atoms. The van der Waals surface area contributed by atoms with E-state index in [1.165, 1.54) is 11.1 Å². The molecule has 4 rings (SSSR count). The Hall–Kier alpha value is -2.35. The van der Waals surface area contributed by atoms with Gasteiger partial charge in [0.25, 0.3) is 0 Å². The molecule has 0 bridgehead atoms. The third-order valence-electron chi connectivity index (χ3n) is 6.46. The van der Waals surface area contributed by atoms with Crippen LogP contribution in [-0.2, 0) is 22.4 Å². The monoisotopic (exact) mass is 365 g/mol. The van der Waals surface area contributed by atoms with E-state index in [2.05, 4.69) is 30.3 Å². The van der Waals surface area contributed by atoms with Crippen molar-refractivity contribution in [2.24, 2.45) is 5.92 Å². The maximum absolute atomic E-state index is 13.0. The van der Waals surface area contributed by atoms with Crippen molar-refractivity contribution in [2.45, 2.75) is 63.5 Å². The second-order valence-corrected chi connectivity index (χ2v) is 8.15. The Labute approximate surface area is 160 Å². The molecule has 5 heteroatoms. The smallest absolute Gasteiger partial charge is 0.246 e. The van der Waals surface area contributed by atoms with Crippen molar-refractivity contribution >= 4 is 11.8 Å². The van der Waals surface area contributed by atoms with E-state index in [-0.39, 0.29) is 23.9 Å². The highest BCUT2D eigenvalue weighted by molar-refractivity contribution is 5.89. The van der Waals surface area contributed by atoms with Crippen LogP contribution in [0.4, 0.5) is 0 Å². The Balaban J connectivity index is 1.40. The van der Waals surface area contributed by atoms with Crippen LogP contribution in [0.1, 0.15) is 49.7 Å². The third kappa shape index (κ3) is 3.58. The molecule has 5 nitrogen and oxygen atoms in total. The maximum atomic E-state index is 13.0. The lowest BCUT2D eigenvalue weighted by Crippen LogP contribution is -2.49. The molecule has 2 saturated heterocycles. The van der Waals surface area contributed by atoms with Crippen LogP contribution in [-0.4, -0.2) is 46.8 Å². The van der Waals surface area contributed by atoms with Crippen LogP contribution in [0.2, 0.25) is 0 Å². The number of fused-ring (bicyclic) bond motifs is 1. The second kappa shape index (κ2) is 7.72. The van der Waals surface area contributed by atoms with E-state index in [0.29, 0.717) is 25.4 Å². The Morgan fingerprint density at radius 1 is 1.04 bits per heavy atom. The molecule has 2 amide bonds. The molecule has 3 atom stereocenters. The Morgan fingerprint density at radius 3 is 2.59 bits per heavy atom. The van der Waals surface area contributed by atoms with E-state index >= 15 is 0 Å². The lowest BCUT2D eigenvalue weighted by molar-refractivity contribution is -0.144. The van der Waals surface area contributed by atoms with Crippen molar-refractivity contribution < 1.29 is 9.59 Å². The minimum Gasteiger partial charge on any atom is -0.331 e. The molecule has 1 aliphatic carbocycles. The van der Waals surface area contributed by atoms with E-state index < -0.39 is 0 Å². The summed E-state index contributed by atoms with van der Waals surface area (Å²) in [5, 5.41) is 9.28. The van der Waals surface area contributed by atoms with Crippen LogP contribution in [0.25, 0.3) is 0 Å². The molecule has 2 heterocycles. The molecule has 0 aromatic heterocycles. The molecule has 1 aromatic carbocycles. The summed E-state index contributed by atoms with van der Waals surface area (Å²) in [6, 6.07) is 10.1. The van der Waals surface area contributed by atoms with Crippen molar-refractivity contribution in [3.8, 4) is 6.07 Å². The van der Waals surface area contributed by atoms with Gasteiger partial charge in [-0.15, -0.1) is 0 Å². The largest absolute Gasteiger partial charge is 0.331 e. The average Bonchev–Trinajstić information content (AvgIpc) is 3.36. The van der Waals surface area contributed by atoms with E-state index in [1.54, 1.807) is 9.80 Å². The number of rotatable bonds is 3. The van der Waals surface area contributed by atoms with Gasteiger partial charge in [-0.25, -0.2) is 0 Å². The Morgan fingerprint density at radius 2 is 1.78 bits per heavy atom. The molecule has 142 valence electrons.